The quantitative estimate of drug-likeness (QED) is 0.428. The van der Waals surface area contributed by atoms with Gasteiger partial charge in [0.15, 0.2) is 5.76 Å². The number of amides is 1. The number of hydrazine groups is 1. The predicted octanol–water partition coefficient (Wildman–Crippen LogP) is 2.66. The highest BCUT2D eigenvalue weighted by Gasteiger charge is 2.23. The fourth-order valence-corrected chi connectivity index (χ4v) is 2.25. The summed E-state index contributed by atoms with van der Waals surface area (Å²) >= 11 is 0. The van der Waals surface area contributed by atoms with Crippen LogP contribution in [0, 0.1) is 17.0 Å². The van der Waals surface area contributed by atoms with E-state index in [4.69, 9.17) is 4.42 Å². The zero-order valence-electron chi connectivity index (χ0n) is 14.3. The molecule has 27 heavy (non-hydrogen) atoms. The molecule has 138 valence electrons. The van der Waals surface area contributed by atoms with Gasteiger partial charge in [0.1, 0.15) is 6.33 Å². The van der Waals surface area contributed by atoms with E-state index < -0.39 is 10.8 Å². The number of furan rings is 1. The molecule has 0 unspecified atom stereocenters. The maximum Gasteiger partial charge on any atom is 0.354 e. The van der Waals surface area contributed by atoms with Crippen LogP contribution in [0.1, 0.15) is 21.7 Å². The van der Waals surface area contributed by atoms with Crippen molar-refractivity contribution in [2.45, 2.75) is 13.5 Å². The molecule has 1 amide bonds. The number of aromatic nitrogens is 2. The van der Waals surface area contributed by atoms with Gasteiger partial charge < -0.3 is 9.73 Å². The average Bonchev–Trinajstić information content (AvgIpc) is 3.20. The Morgan fingerprint density at radius 2 is 1.93 bits per heavy atom. The Hall–Kier alpha value is -3.95. The molecule has 0 saturated carbocycles. The molecular weight excluding hydrogens is 352 g/mol. The van der Waals surface area contributed by atoms with Gasteiger partial charge in [0.2, 0.25) is 11.6 Å². The van der Waals surface area contributed by atoms with Gasteiger partial charge in [-0.3, -0.25) is 25.8 Å². The van der Waals surface area contributed by atoms with E-state index >= 15 is 0 Å². The Kier molecular flexibility index (Phi) is 5.26. The molecule has 0 atom stereocenters. The average molecular weight is 368 g/mol. The SMILES string of the molecule is Cc1ccc(CNc2ncnc(NNC(=O)c3ccco3)c2[N+](=O)[O-])cc1. The van der Waals surface area contributed by atoms with Crippen LogP contribution in [0.3, 0.4) is 0 Å². The first kappa shape index (κ1) is 17.9. The van der Waals surface area contributed by atoms with E-state index in [0.29, 0.717) is 6.54 Å². The second kappa shape index (κ2) is 7.95. The first-order valence-electron chi connectivity index (χ1n) is 7.93. The van der Waals surface area contributed by atoms with E-state index in [1.165, 1.54) is 12.3 Å². The summed E-state index contributed by atoms with van der Waals surface area (Å²) in [6.07, 6.45) is 2.50. The first-order valence-corrected chi connectivity index (χ1v) is 7.93. The minimum Gasteiger partial charge on any atom is -0.459 e. The number of hydrogen-bond donors (Lipinski definition) is 3. The van der Waals surface area contributed by atoms with Crippen molar-refractivity contribution in [3.8, 4) is 0 Å². The van der Waals surface area contributed by atoms with Crippen molar-refractivity contribution in [2.24, 2.45) is 0 Å². The summed E-state index contributed by atoms with van der Waals surface area (Å²) in [7, 11) is 0. The van der Waals surface area contributed by atoms with Gasteiger partial charge in [-0.05, 0) is 24.6 Å². The van der Waals surface area contributed by atoms with Crippen molar-refractivity contribution in [1.82, 2.24) is 15.4 Å². The van der Waals surface area contributed by atoms with Crippen LogP contribution >= 0.6 is 0 Å². The van der Waals surface area contributed by atoms with Crippen LogP contribution in [0.5, 0.6) is 0 Å². The van der Waals surface area contributed by atoms with Crippen LogP contribution < -0.4 is 16.2 Å². The van der Waals surface area contributed by atoms with E-state index in [9.17, 15) is 14.9 Å². The second-order valence-electron chi connectivity index (χ2n) is 5.57. The summed E-state index contributed by atoms with van der Waals surface area (Å²) in [4.78, 5) is 30.5. The molecule has 2 heterocycles. The van der Waals surface area contributed by atoms with E-state index in [0.717, 1.165) is 17.5 Å². The Balaban J connectivity index is 1.74. The van der Waals surface area contributed by atoms with Crippen LogP contribution in [0.2, 0.25) is 0 Å². The van der Waals surface area contributed by atoms with Gasteiger partial charge in [-0.15, -0.1) is 0 Å². The molecule has 0 aliphatic heterocycles. The van der Waals surface area contributed by atoms with Crippen LogP contribution in [-0.4, -0.2) is 20.8 Å². The van der Waals surface area contributed by atoms with E-state index in [1.54, 1.807) is 6.07 Å². The molecular formula is C17H16N6O4. The molecule has 0 radical (unpaired) electrons. The monoisotopic (exact) mass is 368 g/mol. The number of anilines is 2. The molecule has 1 aromatic carbocycles. The lowest BCUT2D eigenvalue weighted by atomic mass is 10.1. The summed E-state index contributed by atoms with van der Waals surface area (Å²) in [5.74, 6) is -0.661. The number of hydrogen-bond acceptors (Lipinski definition) is 8. The van der Waals surface area contributed by atoms with Crippen molar-refractivity contribution in [3.05, 3.63) is 76.0 Å². The highest BCUT2D eigenvalue weighted by atomic mass is 16.6. The molecule has 2 aromatic heterocycles. The van der Waals surface area contributed by atoms with Crippen LogP contribution in [0.4, 0.5) is 17.3 Å². The van der Waals surface area contributed by atoms with E-state index in [2.05, 4.69) is 26.1 Å². The van der Waals surface area contributed by atoms with Gasteiger partial charge in [-0.2, -0.15) is 0 Å². The van der Waals surface area contributed by atoms with Crippen molar-refractivity contribution < 1.29 is 14.1 Å². The zero-order chi connectivity index (χ0) is 19.2. The number of aryl methyl sites for hydroxylation is 1. The third kappa shape index (κ3) is 4.37. The minimum atomic E-state index is -0.626. The summed E-state index contributed by atoms with van der Waals surface area (Å²) in [5, 5.41) is 14.4. The van der Waals surface area contributed by atoms with Crippen LogP contribution in [-0.2, 0) is 6.54 Å². The van der Waals surface area contributed by atoms with Gasteiger partial charge in [0.05, 0.1) is 11.2 Å². The molecule has 0 aliphatic rings. The van der Waals surface area contributed by atoms with Gasteiger partial charge in [-0.1, -0.05) is 29.8 Å². The smallest absolute Gasteiger partial charge is 0.354 e. The minimum absolute atomic E-state index is 0.0327. The van der Waals surface area contributed by atoms with Gasteiger partial charge in [0.25, 0.3) is 0 Å². The zero-order valence-corrected chi connectivity index (χ0v) is 14.3. The standard InChI is InChI=1S/C17H16N6O4/c1-11-4-6-12(7-5-11)9-18-15-14(23(25)26)16(20-10-19-15)21-22-17(24)13-3-2-8-27-13/h2-8,10H,9H2,1H3,(H,22,24)(H2,18,19,20,21). The fourth-order valence-electron chi connectivity index (χ4n) is 2.25. The maximum absolute atomic E-state index is 11.9. The van der Waals surface area contributed by atoms with E-state index in [-0.39, 0.29) is 23.1 Å². The summed E-state index contributed by atoms with van der Waals surface area (Å²) in [6.45, 7) is 2.32. The molecule has 3 N–H and O–H groups in total. The number of nitrogens with one attached hydrogen (secondary N) is 3. The topological polar surface area (TPSA) is 135 Å². The van der Waals surface area contributed by atoms with Crippen molar-refractivity contribution >= 4 is 23.2 Å². The molecule has 0 saturated heterocycles. The van der Waals surface area contributed by atoms with E-state index in [1.807, 2.05) is 31.2 Å². The third-order valence-electron chi connectivity index (χ3n) is 3.62. The highest BCUT2D eigenvalue weighted by molar-refractivity contribution is 5.92. The molecule has 3 aromatic rings. The summed E-state index contributed by atoms with van der Waals surface area (Å²) in [5.41, 5.74) is 6.41. The number of carbonyl (C=O) groups is 1. The Bertz CT molecular complexity index is 941. The molecule has 0 bridgehead atoms. The van der Waals surface area contributed by atoms with Crippen molar-refractivity contribution in [1.29, 1.82) is 0 Å². The number of rotatable bonds is 7. The molecule has 10 nitrogen and oxygen atoms in total. The number of benzene rings is 1. The Morgan fingerprint density at radius 1 is 1.19 bits per heavy atom. The predicted molar refractivity (Wildman–Crippen MR) is 97.0 cm³/mol. The first-order chi connectivity index (χ1) is 13.0. The molecule has 0 aliphatic carbocycles. The van der Waals surface area contributed by atoms with Gasteiger partial charge >= 0.3 is 11.6 Å². The fraction of sp³-hybridized carbons (Fsp3) is 0.118. The number of nitro groups is 1. The lowest BCUT2D eigenvalue weighted by Gasteiger charge is -2.10. The summed E-state index contributed by atoms with van der Waals surface area (Å²) < 4.78 is 4.95. The lowest BCUT2D eigenvalue weighted by molar-refractivity contribution is -0.383. The molecule has 3 rings (SSSR count). The van der Waals surface area contributed by atoms with Crippen LogP contribution in [0.15, 0.2) is 53.4 Å². The van der Waals surface area contributed by atoms with Crippen molar-refractivity contribution in [3.63, 3.8) is 0 Å². The van der Waals surface area contributed by atoms with Gasteiger partial charge in [0, 0.05) is 6.54 Å². The Labute approximate surface area is 153 Å². The molecule has 0 spiro atoms. The second-order valence-corrected chi connectivity index (χ2v) is 5.57. The third-order valence-corrected chi connectivity index (χ3v) is 3.62. The van der Waals surface area contributed by atoms with Gasteiger partial charge in [-0.25, -0.2) is 9.97 Å². The maximum atomic E-state index is 11.9. The van der Waals surface area contributed by atoms with Crippen molar-refractivity contribution in [2.75, 3.05) is 10.7 Å². The molecule has 0 fully saturated rings. The Morgan fingerprint density at radius 3 is 2.59 bits per heavy atom. The number of carbonyl (C=O) groups excluding carboxylic acids is 1. The van der Waals surface area contributed by atoms with Crippen LogP contribution in [0.25, 0.3) is 0 Å². The largest absolute Gasteiger partial charge is 0.459 e. The highest BCUT2D eigenvalue weighted by Crippen LogP contribution is 2.28. The summed E-state index contributed by atoms with van der Waals surface area (Å²) in [6, 6.07) is 10.7. The number of nitrogens with zero attached hydrogens (tertiary/aromatic N) is 3. The lowest BCUT2D eigenvalue weighted by Crippen LogP contribution is -2.30. The molecule has 10 heteroatoms. The normalized spacial score (nSPS) is 10.3.